The van der Waals surface area contributed by atoms with Crippen molar-refractivity contribution in [3.05, 3.63) is 24.3 Å². The second-order valence-electron chi connectivity index (χ2n) is 3.95. The average Bonchev–Trinajstić information content (AvgIpc) is 2.54. The molecule has 2 heteroatoms. The van der Waals surface area contributed by atoms with Crippen molar-refractivity contribution < 1.29 is 9.90 Å². The van der Waals surface area contributed by atoms with Crippen LogP contribution in [0.3, 0.4) is 0 Å². The van der Waals surface area contributed by atoms with Crippen LogP contribution >= 0.6 is 0 Å². The Morgan fingerprint density at radius 2 is 2.46 bits per heavy atom. The zero-order chi connectivity index (χ0) is 9.31. The van der Waals surface area contributed by atoms with Gasteiger partial charge >= 0.3 is 0 Å². The minimum atomic E-state index is 0.0582. The van der Waals surface area contributed by atoms with E-state index in [2.05, 4.69) is 12.2 Å². The van der Waals surface area contributed by atoms with Crippen LogP contribution in [0.5, 0.6) is 0 Å². The lowest BCUT2D eigenvalue weighted by Gasteiger charge is -2.33. The van der Waals surface area contributed by atoms with E-state index in [1.165, 1.54) is 0 Å². The van der Waals surface area contributed by atoms with Crippen LogP contribution in [0, 0.1) is 11.3 Å². The van der Waals surface area contributed by atoms with Crippen molar-refractivity contribution in [2.24, 2.45) is 11.3 Å². The molecule has 0 aromatic heterocycles. The zero-order valence-electron chi connectivity index (χ0n) is 7.57. The van der Waals surface area contributed by atoms with Crippen molar-refractivity contribution in [2.45, 2.75) is 19.3 Å². The largest absolute Gasteiger partial charge is 0.396 e. The first kappa shape index (κ1) is 8.70. The van der Waals surface area contributed by atoms with Crippen LogP contribution in [0.1, 0.15) is 19.3 Å². The van der Waals surface area contributed by atoms with Crippen LogP contribution in [0.25, 0.3) is 0 Å². The van der Waals surface area contributed by atoms with Gasteiger partial charge in [-0.05, 0) is 18.9 Å². The van der Waals surface area contributed by atoms with Gasteiger partial charge in [0.25, 0.3) is 0 Å². The van der Waals surface area contributed by atoms with Gasteiger partial charge in [0.15, 0.2) is 5.78 Å². The fourth-order valence-corrected chi connectivity index (χ4v) is 2.30. The molecule has 0 aromatic carbocycles. The Bertz CT molecular complexity index is 278. The van der Waals surface area contributed by atoms with Gasteiger partial charge in [0.1, 0.15) is 0 Å². The predicted octanol–water partition coefficient (Wildman–Crippen LogP) is 1.46. The van der Waals surface area contributed by atoms with Crippen molar-refractivity contribution in [3.63, 3.8) is 0 Å². The molecule has 13 heavy (non-hydrogen) atoms. The van der Waals surface area contributed by atoms with E-state index in [1.807, 2.05) is 6.08 Å². The maximum atomic E-state index is 11.0. The summed E-state index contributed by atoms with van der Waals surface area (Å²) in [5.41, 5.74) is 0.0582. The standard InChI is InChI=1S/C11H14O2/c12-8-9-2-1-5-11(9)6-3-10(13)4-7-11/h1-3,6,9,12H,4-5,7-8H2/t9-,11-/m1/s1. The lowest BCUT2D eigenvalue weighted by Crippen LogP contribution is -2.29. The minimum Gasteiger partial charge on any atom is -0.396 e. The summed E-state index contributed by atoms with van der Waals surface area (Å²) in [5, 5.41) is 9.18. The molecule has 1 N–H and O–H groups in total. The normalized spacial score (nSPS) is 37.6. The van der Waals surface area contributed by atoms with Gasteiger partial charge in [0.05, 0.1) is 6.61 Å². The molecule has 70 valence electrons. The summed E-state index contributed by atoms with van der Waals surface area (Å²) in [7, 11) is 0. The molecule has 2 aliphatic carbocycles. The van der Waals surface area contributed by atoms with E-state index < -0.39 is 0 Å². The quantitative estimate of drug-likeness (QED) is 0.617. The monoisotopic (exact) mass is 178 g/mol. The summed E-state index contributed by atoms with van der Waals surface area (Å²) >= 11 is 0. The highest BCUT2D eigenvalue weighted by atomic mass is 16.3. The van der Waals surface area contributed by atoms with Crippen LogP contribution in [0.4, 0.5) is 0 Å². The Labute approximate surface area is 78.0 Å². The van der Waals surface area contributed by atoms with E-state index in [0.717, 1.165) is 12.8 Å². The molecule has 0 fully saturated rings. The number of allylic oxidation sites excluding steroid dienone is 3. The van der Waals surface area contributed by atoms with Crippen LogP contribution in [0.15, 0.2) is 24.3 Å². The van der Waals surface area contributed by atoms with Gasteiger partial charge in [-0.2, -0.15) is 0 Å². The van der Waals surface area contributed by atoms with Gasteiger partial charge in [0.2, 0.25) is 0 Å². The van der Waals surface area contributed by atoms with Crippen molar-refractivity contribution in [3.8, 4) is 0 Å². The maximum absolute atomic E-state index is 11.0. The lowest BCUT2D eigenvalue weighted by molar-refractivity contribution is -0.115. The van der Waals surface area contributed by atoms with Crippen molar-refractivity contribution in [1.82, 2.24) is 0 Å². The molecule has 2 nitrogen and oxygen atoms in total. The smallest absolute Gasteiger partial charge is 0.155 e. The summed E-state index contributed by atoms with van der Waals surface area (Å²) in [6.07, 6.45) is 10.4. The topological polar surface area (TPSA) is 37.3 Å². The van der Waals surface area contributed by atoms with E-state index in [4.69, 9.17) is 0 Å². The minimum absolute atomic E-state index is 0.0582. The third-order valence-corrected chi connectivity index (χ3v) is 3.24. The van der Waals surface area contributed by atoms with Crippen molar-refractivity contribution in [2.75, 3.05) is 6.61 Å². The average molecular weight is 178 g/mol. The first-order valence-electron chi connectivity index (χ1n) is 4.76. The summed E-state index contributed by atoms with van der Waals surface area (Å²) in [5.74, 6) is 0.436. The molecule has 2 atom stereocenters. The van der Waals surface area contributed by atoms with E-state index in [0.29, 0.717) is 6.42 Å². The molecule has 2 aliphatic rings. The number of ketones is 1. The lowest BCUT2D eigenvalue weighted by atomic mass is 9.71. The third-order valence-electron chi connectivity index (χ3n) is 3.24. The summed E-state index contributed by atoms with van der Waals surface area (Å²) in [6, 6.07) is 0. The van der Waals surface area contributed by atoms with Crippen molar-refractivity contribution in [1.29, 1.82) is 0 Å². The van der Waals surface area contributed by atoms with Crippen LogP contribution in [-0.4, -0.2) is 17.5 Å². The Hall–Kier alpha value is -0.890. The summed E-state index contributed by atoms with van der Waals surface area (Å²) < 4.78 is 0. The Morgan fingerprint density at radius 3 is 3.08 bits per heavy atom. The number of aliphatic hydroxyl groups is 1. The van der Waals surface area contributed by atoms with E-state index in [-0.39, 0.29) is 23.7 Å². The number of hydrogen-bond donors (Lipinski definition) is 1. The maximum Gasteiger partial charge on any atom is 0.155 e. The molecule has 0 saturated carbocycles. The summed E-state index contributed by atoms with van der Waals surface area (Å²) in [4.78, 5) is 11.0. The van der Waals surface area contributed by atoms with Crippen LogP contribution in [0.2, 0.25) is 0 Å². The fourth-order valence-electron chi connectivity index (χ4n) is 2.30. The first-order valence-corrected chi connectivity index (χ1v) is 4.76. The zero-order valence-corrected chi connectivity index (χ0v) is 7.57. The second-order valence-corrected chi connectivity index (χ2v) is 3.95. The van der Waals surface area contributed by atoms with E-state index >= 15 is 0 Å². The molecule has 0 amide bonds. The molecular weight excluding hydrogens is 164 g/mol. The number of aliphatic hydroxyl groups excluding tert-OH is 1. The molecule has 0 bridgehead atoms. The van der Waals surface area contributed by atoms with E-state index in [9.17, 15) is 9.90 Å². The van der Waals surface area contributed by atoms with Gasteiger partial charge < -0.3 is 5.11 Å². The Balaban J connectivity index is 2.22. The predicted molar refractivity (Wildman–Crippen MR) is 50.1 cm³/mol. The van der Waals surface area contributed by atoms with Crippen molar-refractivity contribution >= 4 is 5.78 Å². The third kappa shape index (κ3) is 1.35. The highest BCUT2D eigenvalue weighted by Gasteiger charge is 2.38. The molecule has 0 saturated heterocycles. The molecule has 0 heterocycles. The van der Waals surface area contributed by atoms with Crippen LogP contribution < -0.4 is 0 Å². The number of hydrogen-bond acceptors (Lipinski definition) is 2. The second kappa shape index (κ2) is 3.11. The highest BCUT2D eigenvalue weighted by Crippen LogP contribution is 2.45. The van der Waals surface area contributed by atoms with Gasteiger partial charge in [0, 0.05) is 17.8 Å². The fraction of sp³-hybridized carbons (Fsp3) is 0.545. The van der Waals surface area contributed by atoms with Crippen LogP contribution in [-0.2, 0) is 4.79 Å². The summed E-state index contributed by atoms with van der Waals surface area (Å²) in [6.45, 7) is 0.190. The van der Waals surface area contributed by atoms with Gasteiger partial charge in [-0.1, -0.05) is 18.2 Å². The van der Waals surface area contributed by atoms with Gasteiger partial charge in [-0.25, -0.2) is 0 Å². The molecule has 2 rings (SSSR count). The molecule has 0 aliphatic heterocycles. The number of rotatable bonds is 1. The Kier molecular flexibility index (Phi) is 2.08. The molecular formula is C11H14O2. The Morgan fingerprint density at radius 1 is 1.62 bits per heavy atom. The number of carbonyl (C=O) groups is 1. The number of carbonyl (C=O) groups excluding carboxylic acids is 1. The molecule has 0 aromatic rings. The molecule has 0 radical (unpaired) electrons. The van der Waals surface area contributed by atoms with Gasteiger partial charge in [-0.3, -0.25) is 4.79 Å². The first-order chi connectivity index (χ1) is 6.27. The SMILES string of the molecule is O=C1C=C[C@]2(CC=C[C@@H]2CO)CC1. The van der Waals surface area contributed by atoms with Gasteiger partial charge in [-0.15, -0.1) is 0 Å². The highest BCUT2D eigenvalue weighted by molar-refractivity contribution is 5.90. The molecule has 1 spiro atoms. The van der Waals surface area contributed by atoms with E-state index in [1.54, 1.807) is 6.08 Å². The molecule has 0 unspecified atom stereocenters.